The van der Waals surface area contributed by atoms with Gasteiger partial charge in [0, 0.05) is 38.7 Å². The Labute approximate surface area is 155 Å². The van der Waals surface area contributed by atoms with Crippen molar-refractivity contribution in [1.29, 1.82) is 0 Å². The van der Waals surface area contributed by atoms with Gasteiger partial charge in [-0.3, -0.25) is 0 Å². The molecule has 6 nitrogen and oxygen atoms in total. The van der Waals surface area contributed by atoms with E-state index in [-0.39, 0.29) is 12.0 Å². The molecule has 26 heavy (non-hydrogen) atoms. The molecule has 0 saturated carbocycles. The molecule has 1 atom stereocenters. The van der Waals surface area contributed by atoms with Crippen molar-refractivity contribution >= 4 is 11.6 Å². The van der Waals surface area contributed by atoms with Crippen molar-refractivity contribution in [3.8, 4) is 5.75 Å². The maximum atomic E-state index is 10.1. The summed E-state index contributed by atoms with van der Waals surface area (Å²) in [5, 5.41) is 10.1. The van der Waals surface area contributed by atoms with E-state index in [1.54, 1.807) is 6.33 Å². The molecule has 2 aromatic rings. The monoisotopic (exact) mass is 356 g/mol. The summed E-state index contributed by atoms with van der Waals surface area (Å²) in [6.45, 7) is 2.50. The summed E-state index contributed by atoms with van der Waals surface area (Å²) in [5.41, 5.74) is -0.156. The molecule has 1 aliphatic rings. The number of hydrogen-bond donors (Lipinski definition) is 1. The van der Waals surface area contributed by atoms with Gasteiger partial charge in [-0.2, -0.15) is 0 Å². The second-order valence-corrected chi connectivity index (χ2v) is 7.22. The van der Waals surface area contributed by atoms with Crippen LogP contribution < -0.4 is 14.5 Å². The predicted octanol–water partition coefficient (Wildman–Crippen LogP) is 2.59. The Morgan fingerprint density at radius 1 is 1.23 bits per heavy atom. The maximum absolute atomic E-state index is 10.1. The average Bonchev–Trinajstić information content (AvgIpc) is 2.69. The highest BCUT2D eigenvalue weighted by atomic mass is 16.5. The van der Waals surface area contributed by atoms with E-state index in [4.69, 9.17) is 4.74 Å². The molecule has 0 bridgehead atoms. The highest BCUT2D eigenvalue weighted by molar-refractivity contribution is 5.49. The summed E-state index contributed by atoms with van der Waals surface area (Å²) >= 11 is 0. The van der Waals surface area contributed by atoms with E-state index in [1.807, 2.05) is 55.4 Å². The van der Waals surface area contributed by atoms with Crippen molar-refractivity contribution in [3.05, 3.63) is 42.7 Å². The number of benzene rings is 1. The summed E-state index contributed by atoms with van der Waals surface area (Å²) in [6, 6.07) is 11.8. The Kier molecular flexibility index (Phi) is 5.93. The fraction of sp³-hybridized carbons (Fsp3) is 0.500. The van der Waals surface area contributed by atoms with Gasteiger partial charge in [0.15, 0.2) is 0 Å². The van der Waals surface area contributed by atoms with Crippen molar-refractivity contribution in [3.63, 3.8) is 0 Å². The lowest BCUT2D eigenvalue weighted by Crippen LogP contribution is -2.46. The van der Waals surface area contributed by atoms with E-state index in [9.17, 15) is 5.11 Å². The summed E-state index contributed by atoms with van der Waals surface area (Å²) < 4.78 is 5.87. The first-order valence-electron chi connectivity index (χ1n) is 9.15. The van der Waals surface area contributed by atoms with Crippen LogP contribution in [-0.2, 0) is 0 Å². The van der Waals surface area contributed by atoms with Gasteiger partial charge in [0.25, 0.3) is 0 Å². The number of aromatic nitrogens is 2. The largest absolute Gasteiger partial charge is 0.494 e. The molecule has 1 aromatic heterocycles. The Morgan fingerprint density at radius 3 is 2.77 bits per heavy atom. The summed E-state index contributed by atoms with van der Waals surface area (Å²) in [5.74, 6) is 2.69. The molecule has 1 unspecified atom stereocenters. The zero-order valence-corrected chi connectivity index (χ0v) is 15.6. The van der Waals surface area contributed by atoms with Crippen LogP contribution in [0.3, 0.4) is 0 Å². The van der Waals surface area contributed by atoms with Gasteiger partial charge in [0.05, 0.1) is 13.2 Å². The van der Waals surface area contributed by atoms with Crippen LogP contribution in [0.15, 0.2) is 42.7 Å². The van der Waals surface area contributed by atoms with Crippen molar-refractivity contribution in [1.82, 2.24) is 9.97 Å². The molecule has 0 radical (unpaired) electrons. The van der Waals surface area contributed by atoms with Crippen molar-refractivity contribution in [2.24, 2.45) is 5.41 Å². The van der Waals surface area contributed by atoms with Gasteiger partial charge >= 0.3 is 0 Å². The van der Waals surface area contributed by atoms with Gasteiger partial charge in [0.2, 0.25) is 0 Å². The smallest absolute Gasteiger partial charge is 0.134 e. The average molecular weight is 356 g/mol. The standard InChI is InChI=1S/C20H28N4O2/c1-23(2)18-13-19(22-16-21-18)24-11-6-9-20(14-24,15-25)10-12-26-17-7-4-3-5-8-17/h3-5,7-8,13,16,25H,6,9-12,14-15H2,1-2H3. The van der Waals surface area contributed by atoms with Gasteiger partial charge in [-0.15, -0.1) is 0 Å². The predicted molar refractivity (Wildman–Crippen MR) is 104 cm³/mol. The molecule has 1 fully saturated rings. The molecule has 1 N–H and O–H groups in total. The Hall–Kier alpha value is -2.34. The molecular formula is C20H28N4O2. The summed E-state index contributed by atoms with van der Waals surface area (Å²) in [4.78, 5) is 13.0. The minimum atomic E-state index is -0.156. The third kappa shape index (κ3) is 4.43. The van der Waals surface area contributed by atoms with Gasteiger partial charge in [-0.1, -0.05) is 18.2 Å². The van der Waals surface area contributed by atoms with Crippen LogP contribution in [0.25, 0.3) is 0 Å². The minimum Gasteiger partial charge on any atom is -0.494 e. The number of para-hydroxylation sites is 1. The molecule has 6 heteroatoms. The molecule has 0 amide bonds. The highest BCUT2D eigenvalue weighted by Crippen LogP contribution is 2.35. The van der Waals surface area contributed by atoms with E-state index in [2.05, 4.69) is 14.9 Å². The Balaban J connectivity index is 1.65. The van der Waals surface area contributed by atoms with E-state index in [0.717, 1.165) is 49.7 Å². The van der Waals surface area contributed by atoms with Crippen LogP contribution in [0.2, 0.25) is 0 Å². The van der Waals surface area contributed by atoms with Crippen LogP contribution in [0.5, 0.6) is 5.75 Å². The number of anilines is 2. The third-order valence-corrected chi connectivity index (χ3v) is 5.06. The molecule has 3 rings (SSSR count). The zero-order valence-electron chi connectivity index (χ0n) is 15.6. The number of aliphatic hydroxyl groups excluding tert-OH is 1. The Bertz CT molecular complexity index is 695. The normalized spacial score (nSPS) is 20.0. The van der Waals surface area contributed by atoms with Crippen LogP contribution in [0.4, 0.5) is 11.6 Å². The Morgan fingerprint density at radius 2 is 2.04 bits per heavy atom. The maximum Gasteiger partial charge on any atom is 0.134 e. The fourth-order valence-corrected chi connectivity index (χ4v) is 3.47. The molecule has 0 spiro atoms. The fourth-order valence-electron chi connectivity index (χ4n) is 3.47. The van der Waals surface area contributed by atoms with Crippen molar-refractivity contribution in [2.75, 3.05) is 50.2 Å². The lowest BCUT2D eigenvalue weighted by atomic mass is 9.78. The topological polar surface area (TPSA) is 61.7 Å². The SMILES string of the molecule is CN(C)c1cc(N2CCCC(CO)(CCOc3ccccc3)C2)ncn1. The quantitative estimate of drug-likeness (QED) is 0.823. The molecule has 1 aromatic carbocycles. The van der Waals surface area contributed by atoms with Crippen LogP contribution in [0.1, 0.15) is 19.3 Å². The van der Waals surface area contributed by atoms with E-state index in [1.165, 1.54) is 0 Å². The van der Waals surface area contributed by atoms with Crippen molar-refractivity contribution in [2.45, 2.75) is 19.3 Å². The zero-order chi connectivity index (χ0) is 18.4. The van der Waals surface area contributed by atoms with Crippen LogP contribution in [0, 0.1) is 5.41 Å². The minimum absolute atomic E-state index is 0.156. The van der Waals surface area contributed by atoms with Gasteiger partial charge in [0.1, 0.15) is 23.7 Å². The molecule has 2 heterocycles. The number of aliphatic hydroxyl groups is 1. The molecule has 1 saturated heterocycles. The summed E-state index contributed by atoms with van der Waals surface area (Å²) in [7, 11) is 3.95. The number of ether oxygens (including phenoxy) is 1. The first-order chi connectivity index (χ1) is 12.6. The third-order valence-electron chi connectivity index (χ3n) is 5.06. The number of piperidine rings is 1. The number of hydrogen-bond acceptors (Lipinski definition) is 6. The molecule has 140 valence electrons. The summed E-state index contributed by atoms with van der Waals surface area (Å²) in [6.07, 6.45) is 4.47. The second kappa shape index (κ2) is 8.36. The molecular weight excluding hydrogens is 328 g/mol. The number of nitrogens with zero attached hydrogens (tertiary/aromatic N) is 4. The van der Waals surface area contributed by atoms with Crippen LogP contribution >= 0.6 is 0 Å². The lowest BCUT2D eigenvalue weighted by Gasteiger charge is -2.42. The second-order valence-electron chi connectivity index (χ2n) is 7.22. The van der Waals surface area contributed by atoms with E-state index < -0.39 is 0 Å². The van der Waals surface area contributed by atoms with E-state index in [0.29, 0.717) is 6.61 Å². The first-order valence-corrected chi connectivity index (χ1v) is 9.15. The number of rotatable bonds is 7. The highest BCUT2D eigenvalue weighted by Gasteiger charge is 2.35. The van der Waals surface area contributed by atoms with Crippen LogP contribution in [-0.4, -0.2) is 55.5 Å². The molecule has 1 aliphatic heterocycles. The van der Waals surface area contributed by atoms with Crippen molar-refractivity contribution < 1.29 is 9.84 Å². The first kappa shape index (κ1) is 18.5. The van der Waals surface area contributed by atoms with Gasteiger partial charge in [-0.05, 0) is 31.4 Å². The lowest BCUT2D eigenvalue weighted by molar-refractivity contribution is 0.0792. The van der Waals surface area contributed by atoms with Gasteiger partial charge < -0.3 is 19.6 Å². The molecule has 0 aliphatic carbocycles. The van der Waals surface area contributed by atoms with Gasteiger partial charge in [-0.25, -0.2) is 9.97 Å². The van der Waals surface area contributed by atoms with E-state index >= 15 is 0 Å².